The van der Waals surface area contributed by atoms with Crippen LogP contribution in [0, 0.1) is 6.08 Å². The van der Waals surface area contributed by atoms with Crippen LogP contribution in [0.2, 0.25) is 0 Å². The van der Waals surface area contributed by atoms with E-state index in [2.05, 4.69) is 41.1 Å². The Balaban J connectivity index is -0.0000000734. The van der Waals surface area contributed by atoms with Crippen molar-refractivity contribution in [2.45, 2.75) is 19.8 Å². The van der Waals surface area contributed by atoms with E-state index >= 15 is 0 Å². The van der Waals surface area contributed by atoms with Crippen LogP contribution in [-0.2, 0) is 25.8 Å². The number of rotatable bonds is 1. The van der Waals surface area contributed by atoms with E-state index in [1.807, 2.05) is 0 Å². The van der Waals surface area contributed by atoms with Crippen molar-refractivity contribution in [1.82, 2.24) is 0 Å². The molecule has 98 valence electrons. The molecule has 0 radical (unpaired) electrons. The van der Waals surface area contributed by atoms with Gasteiger partial charge in [0, 0.05) is 0 Å². The number of hydrogen-bond donors (Lipinski definition) is 0. The molecule has 0 aromatic heterocycles. The van der Waals surface area contributed by atoms with Gasteiger partial charge in [0.1, 0.15) is 0 Å². The van der Waals surface area contributed by atoms with E-state index in [-0.39, 0.29) is 25.8 Å². The van der Waals surface area contributed by atoms with Crippen molar-refractivity contribution in [2.24, 2.45) is 0 Å². The zero-order valence-electron chi connectivity index (χ0n) is 12.4. The molecular formula is C13H27HfN3. The van der Waals surface area contributed by atoms with Crippen LogP contribution in [0.4, 0.5) is 0 Å². The summed E-state index contributed by atoms with van der Waals surface area (Å²) in [7, 11) is 10.5. The maximum absolute atomic E-state index is 3.50. The fraction of sp³-hybridized carbons (Fsp3) is 0.692. The first-order valence-corrected chi connectivity index (χ1v) is 5.38. The third-order valence-electron chi connectivity index (χ3n) is 1.15. The standard InChI is InChI=1S/C7H9.3C2H6N.Hf/c1-2-7-5-3-4-6-7;3*1-3-2;/h3,5H,2,4H2,1H3;3*1-2H3;/q4*-1;+4. The maximum Gasteiger partial charge on any atom is 4.00 e. The molecule has 0 saturated carbocycles. The smallest absolute Gasteiger partial charge is 0.668 e. The molecule has 1 aliphatic carbocycles. The molecule has 3 nitrogen and oxygen atoms in total. The molecule has 17 heavy (non-hydrogen) atoms. The molecule has 0 spiro atoms. The third kappa shape index (κ3) is 38.6. The largest absolute Gasteiger partial charge is 4.00 e. The molecule has 0 aromatic carbocycles. The van der Waals surface area contributed by atoms with Crippen LogP contribution in [0.3, 0.4) is 0 Å². The summed E-state index contributed by atoms with van der Waals surface area (Å²) in [5, 5.41) is 10.5. The Kier molecular flexibility index (Phi) is 45.5. The molecule has 0 aromatic rings. The molecule has 0 unspecified atom stereocenters. The van der Waals surface area contributed by atoms with Gasteiger partial charge in [-0.25, -0.2) is 11.6 Å². The SMILES string of the molecule is CCC1=[C-]CC=C1.C[N-]C.C[N-]C.C[N-]C.[Hf+4]. The molecular weight excluding hydrogens is 377 g/mol. The first kappa shape index (κ1) is 25.9. The molecule has 0 bridgehead atoms. The van der Waals surface area contributed by atoms with E-state index in [1.165, 1.54) is 5.57 Å². The average molecular weight is 404 g/mol. The molecule has 0 N–H and O–H groups in total. The summed E-state index contributed by atoms with van der Waals surface area (Å²) in [4.78, 5) is 0. The van der Waals surface area contributed by atoms with Gasteiger partial charge in [0.25, 0.3) is 0 Å². The Hall–Kier alpha value is 0.230. The summed E-state index contributed by atoms with van der Waals surface area (Å²) < 4.78 is 0. The monoisotopic (exact) mass is 405 g/mol. The second kappa shape index (κ2) is 29.9. The summed E-state index contributed by atoms with van der Waals surface area (Å²) in [6.45, 7) is 2.15. The number of hydrogen-bond acceptors (Lipinski definition) is 0. The molecule has 1 aliphatic rings. The van der Waals surface area contributed by atoms with Gasteiger partial charge in [0.15, 0.2) is 0 Å². The van der Waals surface area contributed by atoms with E-state index in [4.69, 9.17) is 0 Å². The second-order valence-electron chi connectivity index (χ2n) is 3.00. The summed E-state index contributed by atoms with van der Waals surface area (Å²) in [6, 6.07) is 0. The van der Waals surface area contributed by atoms with Gasteiger partial charge in [-0.05, 0) is 0 Å². The van der Waals surface area contributed by atoms with Crippen LogP contribution in [0.1, 0.15) is 19.8 Å². The maximum atomic E-state index is 3.50. The molecule has 1 rings (SSSR count). The Morgan fingerprint density at radius 3 is 1.47 bits per heavy atom. The first-order chi connectivity index (χ1) is 7.67. The molecule has 0 saturated heterocycles. The molecule has 0 aliphatic heterocycles. The van der Waals surface area contributed by atoms with Gasteiger partial charge in [0.2, 0.25) is 0 Å². The normalized spacial score (nSPS) is 10.4. The van der Waals surface area contributed by atoms with Gasteiger partial charge in [-0.2, -0.15) is 48.4 Å². The van der Waals surface area contributed by atoms with Crippen LogP contribution in [0.5, 0.6) is 0 Å². The fourth-order valence-corrected chi connectivity index (χ4v) is 0.693. The zero-order chi connectivity index (χ0) is 13.2. The van der Waals surface area contributed by atoms with E-state index in [1.54, 1.807) is 42.3 Å². The zero-order valence-corrected chi connectivity index (χ0v) is 16.0. The van der Waals surface area contributed by atoms with Crippen LogP contribution < -0.4 is 0 Å². The predicted molar refractivity (Wildman–Crippen MR) is 76.4 cm³/mol. The summed E-state index contributed by atoms with van der Waals surface area (Å²) >= 11 is 0. The van der Waals surface area contributed by atoms with Crippen LogP contribution >= 0.6 is 0 Å². The Morgan fingerprint density at radius 2 is 1.35 bits per heavy atom. The van der Waals surface area contributed by atoms with Crippen molar-refractivity contribution in [2.75, 3.05) is 42.3 Å². The molecule has 0 heterocycles. The van der Waals surface area contributed by atoms with E-state index in [0.717, 1.165) is 12.8 Å². The Morgan fingerprint density at radius 1 is 1.00 bits per heavy atom. The van der Waals surface area contributed by atoms with Crippen molar-refractivity contribution in [3.05, 3.63) is 39.8 Å². The molecule has 0 fully saturated rings. The summed E-state index contributed by atoms with van der Waals surface area (Å²) in [5.41, 5.74) is 1.36. The fourth-order valence-electron chi connectivity index (χ4n) is 0.693. The summed E-state index contributed by atoms with van der Waals surface area (Å²) in [5.74, 6) is 0. The van der Waals surface area contributed by atoms with Crippen molar-refractivity contribution in [1.29, 1.82) is 0 Å². The van der Waals surface area contributed by atoms with E-state index < -0.39 is 0 Å². The van der Waals surface area contributed by atoms with Crippen molar-refractivity contribution >= 4 is 0 Å². The number of nitrogens with zero attached hydrogens (tertiary/aromatic N) is 3. The minimum atomic E-state index is 0. The topological polar surface area (TPSA) is 42.3 Å². The predicted octanol–water partition coefficient (Wildman–Crippen LogP) is 3.94. The molecule has 0 atom stereocenters. The van der Waals surface area contributed by atoms with Crippen LogP contribution in [0.25, 0.3) is 16.0 Å². The average Bonchev–Trinajstić information content (AvgIpc) is 2.73. The van der Waals surface area contributed by atoms with E-state index in [0.29, 0.717) is 0 Å². The van der Waals surface area contributed by atoms with Gasteiger partial charge >= 0.3 is 25.8 Å². The minimum absolute atomic E-state index is 0. The molecule has 0 amide bonds. The first-order valence-electron chi connectivity index (χ1n) is 5.38. The third-order valence-corrected chi connectivity index (χ3v) is 1.15. The van der Waals surface area contributed by atoms with Gasteiger partial charge in [-0.15, -0.1) is 6.42 Å². The minimum Gasteiger partial charge on any atom is -0.668 e. The van der Waals surface area contributed by atoms with Crippen molar-refractivity contribution in [3.63, 3.8) is 0 Å². The van der Waals surface area contributed by atoms with Gasteiger partial charge in [-0.1, -0.05) is 13.3 Å². The van der Waals surface area contributed by atoms with Crippen molar-refractivity contribution < 1.29 is 25.8 Å². The summed E-state index contributed by atoms with van der Waals surface area (Å²) in [6.07, 6.45) is 9.65. The Labute approximate surface area is 127 Å². The van der Waals surface area contributed by atoms with Gasteiger partial charge < -0.3 is 16.0 Å². The Bertz CT molecular complexity index is 152. The van der Waals surface area contributed by atoms with Crippen LogP contribution in [0.15, 0.2) is 17.7 Å². The second-order valence-corrected chi connectivity index (χ2v) is 3.00. The van der Waals surface area contributed by atoms with Gasteiger partial charge in [0.05, 0.1) is 0 Å². The van der Waals surface area contributed by atoms with E-state index in [9.17, 15) is 0 Å². The number of allylic oxidation sites excluding steroid dienone is 4. The quantitative estimate of drug-likeness (QED) is 0.470. The van der Waals surface area contributed by atoms with Crippen molar-refractivity contribution in [3.8, 4) is 0 Å². The van der Waals surface area contributed by atoms with Crippen LogP contribution in [-0.4, -0.2) is 42.3 Å². The molecule has 4 heteroatoms. The van der Waals surface area contributed by atoms with Gasteiger partial charge in [-0.3, -0.25) is 6.08 Å².